The van der Waals surface area contributed by atoms with Crippen molar-refractivity contribution in [1.82, 2.24) is 0 Å². The third-order valence-corrected chi connectivity index (χ3v) is 4.61. The molecule has 0 saturated carbocycles. The quantitative estimate of drug-likeness (QED) is 0.687. The van der Waals surface area contributed by atoms with Gasteiger partial charge in [0, 0.05) is 5.56 Å². The highest BCUT2D eigenvalue weighted by molar-refractivity contribution is 14.1. The minimum absolute atomic E-state index is 0.0341. The van der Waals surface area contributed by atoms with Gasteiger partial charge in [-0.3, -0.25) is 4.79 Å². The summed E-state index contributed by atoms with van der Waals surface area (Å²) in [6.45, 7) is 1.67. The first-order valence-corrected chi connectivity index (χ1v) is 7.41. The zero-order valence-corrected chi connectivity index (χ0v) is 13.3. The van der Waals surface area contributed by atoms with Gasteiger partial charge in [-0.25, -0.2) is 4.79 Å². The molecule has 1 heterocycles. The van der Waals surface area contributed by atoms with E-state index in [0.29, 0.717) is 19.7 Å². The van der Waals surface area contributed by atoms with E-state index in [1.54, 1.807) is 25.1 Å². The fourth-order valence-corrected chi connectivity index (χ4v) is 2.84. The Morgan fingerprint density at radius 3 is 2.55 bits per heavy atom. The molecule has 3 N–H and O–H groups in total. The predicted octanol–water partition coefficient (Wildman–Crippen LogP) is 3.32. The molecule has 0 radical (unpaired) electrons. The Morgan fingerprint density at radius 2 is 2.00 bits per heavy atom. The lowest BCUT2D eigenvalue weighted by molar-refractivity contribution is 0.0701. The standard InChI is InChI=1S/C13H10INO4S/c1-6-4-10(20-11(6)13(18)19)15-12(17)7-2-3-8(14)9(16)5-7/h2-5,16H,1H3,(H,15,17)(H,18,19). The SMILES string of the molecule is Cc1cc(NC(=O)c2ccc(I)c(O)c2)sc1C(=O)O. The van der Waals surface area contributed by atoms with Crippen LogP contribution in [0.1, 0.15) is 25.6 Å². The molecule has 1 aromatic carbocycles. The average molecular weight is 403 g/mol. The molecule has 0 aliphatic rings. The number of carbonyl (C=O) groups excluding carboxylic acids is 1. The summed E-state index contributed by atoms with van der Waals surface area (Å²) in [4.78, 5) is 23.1. The molecule has 0 aliphatic carbocycles. The molecule has 5 nitrogen and oxygen atoms in total. The van der Waals surface area contributed by atoms with Crippen molar-refractivity contribution in [2.24, 2.45) is 0 Å². The monoisotopic (exact) mass is 403 g/mol. The maximum atomic E-state index is 12.0. The number of halogens is 1. The summed E-state index contributed by atoms with van der Waals surface area (Å²) in [7, 11) is 0. The van der Waals surface area contributed by atoms with Gasteiger partial charge in [-0.05, 0) is 59.3 Å². The number of anilines is 1. The molecule has 0 atom stereocenters. The minimum Gasteiger partial charge on any atom is -0.507 e. The number of thiophene rings is 1. The van der Waals surface area contributed by atoms with Gasteiger partial charge in [0.1, 0.15) is 10.6 Å². The van der Waals surface area contributed by atoms with Crippen LogP contribution in [0, 0.1) is 10.5 Å². The van der Waals surface area contributed by atoms with Gasteiger partial charge in [0.05, 0.1) is 8.57 Å². The molecule has 0 spiro atoms. The number of aromatic carboxylic acids is 1. The average Bonchev–Trinajstić information content (AvgIpc) is 2.73. The molecule has 1 amide bonds. The number of nitrogens with one attached hydrogen (secondary N) is 1. The number of benzene rings is 1. The Bertz CT molecular complexity index is 696. The number of hydrogen-bond donors (Lipinski definition) is 3. The second-order valence-corrected chi connectivity index (χ2v) is 6.26. The highest BCUT2D eigenvalue weighted by Gasteiger charge is 2.15. The molecular weight excluding hydrogens is 393 g/mol. The van der Waals surface area contributed by atoms with Gasteiger partial charge >= 0.3 is 5.97 Å². The van der Waals surface area contributed by atoms with Crippen molar-refractivity contribution in [3.05, 3.63) is 43.8 Å². The van der Waals surface area contributed by atoms with Crippen LogP contribution in [0.25, 0.3) is 0 Å². The number of phenolic OH excluding ortho intramolecular Hbond substituents is 1. The fraction of sp³-hybridized carbons (Fsp3) is 0.0769. The Kier molecular flexibility index (Phi) is 4.29. The second-order valence-electron chi connectivity index (χ2n) is 4.05. The summed E-state index contributed by atoms with van der Waals surface area (Å²) in [5.74, 6) is -1.37. The van der Waals surface area contributed by atoms with Crippen molar-refractivity contribution in [1.29, 1.82) is 0 Å². The topological polar surface area (TPSA) is 86.6 Å². The zero-order chi connectivity index (χ0) is 14.9. The first kappa shape index (κ1) is 14.8. The van der Waals surface area contributed by atoms with E-state index in [4.69, 9.17) is 5.11 Å². The van der Waals surface area contributed by atoms with Crippen LogP contribution in [0.3, 0.4) is 0 Å². The van der Waals surface area contributed by atoms with Crippen LogP contribution in [0.2, 0.25) is 0 Å². The normalized spacial score (nSPS) is 10.3. The molecule has 0 aliphatic heterocycles. The van der Waals surface area contributed by atoms with E-state index in [1.165, 1.54) is 6.07 Å². The van der Waals surface area contributed by atoms with Crippen LogP contribution in [0.4, 0.5) is 5.00 Å². The fourth-order valence-electron chi connectivity index (χ4n) is 1.59. The smallest absolute Gasteiger partial charge is 0.346 e. The van der Waals surface area contributed by atoms with E-state index in [1.807, 2.05) is 22.6 Å². The second kappa shape index (κ2) is 5.80. The van der Waals surface area contributed by atoms with Crippen molar-refractivity contribution in [3.63, 3.8) is 0 Å². The number of amides is 1. The van der Waals surface area contributed by atoms with Crippen molar-refractivity contribution < 1.29 is 19.8 Å². The van der Waals surface area contributed by atoms with Crippen LogP contribution < -0.4 is 5.32 Å². The van der Waals surface area contributed by atoms with Crippen LogP contribution in [0.15, 0.2) is 24.3 Å². The lowest BCUT2D eigenvalue weighted by Gasteiger charge is -2.04. The molecule has 20 heavy (non-hydrogen) atoms. The molecule has 104 valence electrons. The van der Waals surface area contributed by atoms with Gasteiger partial charge in [0.2, 0.25) is 0 Å². The molecule has 2 aromatic rings. The Morgan fingerprint density at radius 1 is 1.30 bits per heavy atom. The highest BCUT2D eigenvalue weighted by Crippen LogP contribution is 2.27. The largest absolute Gasteiger partial charge is 0.507 e. The first-order chi connectivity index (χ1) is 9.38. The summed E-state index contributed by atoms with van der Waals surface area (Å²) in [5.41, 5.74) is 0.911. The summed E-state index contributed by atoms with van der Waals surface area (Å²) in [5, 5.41) is 21.6. The minimum atomic E-state index is -1.01. The number of aryl methyl sites for hydroxylation is 1. The van der Waals surface area contributed by atoms with Crippen molar-refractivity contribution in [2.45, 2.75) is 6.92 Å². The van der Waals surface area contributed by atoms with Gasteiger partial charge in [0.25, 0.3) is 5.91 Å². The lowest BCUT2D eigenvalue weighted by atomic mass is 10.2. The van der Waals surface area contributed by atoms with Crippen LogP contribution in [-0.2, 0) is 0 Å². The number of aromatic hydroxyl groups is 1. The van der Waals surface area contributed by atoms with Crippen LogP contribution in [0.5, 0.6) is 5.75 Å². The van der Waals surface area contributed by atoms with Gasteiger partial charge in [-0.1, -0.05) is 0 Å². The number of carbonyl (C=O) groups is 2. The number of carboxylic acids is 1. The van der Waals surface area contributed by atoms with Gasteiger partial charge in [0.15, 0.2) is 0 Å². The molecule has 0 unspecified atom stereocenters. The van der Waals surface area contributed by atoms with Crippen molar-refractivity contribution >= 4 is 50.8 Å². The Hall–Kier alpha value is -1.61. The predicted molar refractivity (Wildman–Crippen MR) is 84.8 cm³/mol. The third kappa shape index (κ3) is 3.10. The van der Waals surface area contributed by atoms with Gasteiger partial charge in [-0.2, -0.15) is 0 Å². The van der Waals surface area contributed by atoms with Crippen LogP contribution >= 0.6 is 33.9 Å². The lowest BCUT2D eigenvalue weighted by Crippen LogP contribution is -2.10. The molecule has 0 bridgehead atoms. The van der Waals surface area contributed by atoms with E-state index >= 15 is 0 Å². The van der Waals surface area contributed by atoms with Crippen LogP contribution in [-0.4, -0.2) is 22.1 Å². The van der Waals surface area contributed by atoms with Crippen molar-refractivity contribution in [3.8, 4) is 5.75 Å². The molecule has 0 fully saturated rings. The molecule has 0 saturated heterocycles. The summed E-state index contributed by atoms with van der Waals surface area (Å²) >= 11 is 2.96. The Balaban J connectivity index is 2.21. The third-order valence-electron chi connectivity index (χ3n) is 2.56. The zero-order valence-electron chi connectivity index (χ0n) is 10.3. The maximum absolute atomic E-state index is 12.0. The van der Waals surface area contributed by atoms with E-state index in [-0.39, 0.29) is 10.6 Å². The maximum Gasteiger partial charge on any atom is 0.346 e. The van der Waals surface area contributed by atoms with E-state index in [2.05, 4.69) is 5.32 Å². The van der Waals surface area contributed by atoms with Gasteiger partial charge in [-0.15, -0.1) is 11.3 Å². The first-order valence-electron chi connectivity index (χ1n) is 5.52. The molecule has 1 aromatic heterocycles. The number of hydrogen-bond acceptors (Lipinski definition) is 4. The summed E-state index contributed by atoms with van der Waals surface area (Å²) < 4.78 is 0.652. The Labute approximate surface area is 132 Å². The summed E-state index contributed by atoms with van der Waals surface area (Å²) in [6.07, 6.45) is 0. The van der Waals surface area contributed by atoms with Gasteiger partial charge < -0.3 is 15.5 Å². The summed E-state index contributed by atoms with van der Waals surface area (Å²) in [6, 6.07) is 6.21. The van der Waals surface area contributed by atoms with E-state index < -0.39 is 11.9 Å². The van der Waals surface area contributed by atoms with E-state index in [9.17, 15) is 14.7 Å². The highest BCUT2D eigenvalue weighted by atomic mass is 127. The number of carboxylic acid groups (broad SMARTS) is 1. The number of phenols is 1. The molecular formula is C13H10INO4S. The molecule has 2 rings (SSSR count). The number of rotatable bonds is 3. The van der Waals surface area contributed by atoms with Crippen molar-refractivity contribution in [2.75, 3.05) is 5.32 Å². The molecule has 7 heteroatoms. The van der Waals surface area contributed by atoms with E-state index in [0.717, 1.165) is 11.3 Å².